The van der Waals surface area contributed by atoms with Gasteiger partial charge in [-0.2, -0.15) is 5.10 Å². The van der Waals surface area contributed by atoms with Crippen molar-refractivity contribution in [1.29, 1.82) is 0 Å². The normalized spacial score (nSPS) is 12.6. The maximum Gasteiger partial charge on any atom is 0.141 e. The van der Waals surface area contributed by atoms with Gasteiger partial charge >= 0.3 is 0 Å². The first-order chi connectivity index (χ1) is 10.2. The number of hydrogen-bond donors (Lipinski definition) is 1. The minimum atomic E-state index is -0.397. The molecule has 1 N–H and O–H groups in total. The molecule has 0 aliphatic heterocycles. The lowest BCUT2D eigenvalue weighted by atomic mass is 10.0. The van der Waals surface area contributed by atoms with Crippen LogP contribution < -0.4 is 5.32 Å². The second-order valence-electron chi connectivity index (χ2n) is 4.88. The summed E-state index contributed by atoms with van der Waals surface area (Å²) in [6.07, 6.45) is 3.27. The van der Waals surface area contributed by atoms with E-state index in [0.717, 1.165) is 30.9 Å². The zero-order chi connectivity index (χ0) is 15.2. The third-order valence-corrected chi connectivity index (χ3v) is 3.66. The van der Waals surface area contributed by atoms with E-state index in [4.69, 9.17) is 11.6 Å². The van der Waals surface area contributed by atoms with E-state index in [-0.39, 0.29) is 11.1 Å². The summed E-state index contributed by atoms with van der Waals surface area (Å²) in [6.45, 7) is 5.79. The fourth-order valence-corrected chi connectivity index (χ4v) is 2.44. The van der Waals surface area contributed by atoms with Gasteiger partial charge in [0.2, 0.25) is 0 Å². The Morgan fingerprint density at radius 2 is 2.19 bits per heavy atom. The van der Waals surface area contributed by atoms with Gasteiger partial charge in [0, 0.05) is 19.0 Å². The molecule has 0 saturated carbocycles. The summed E-state index contributed by atoms with van der Waals surface area (Å²) < 4.78 is 15.2. The first-order valence-electron chi connectivity index (χ1n) is 7.20. The van der Waals surface area contributed by atoms with Crippen LogP contribution in [0.5, 0.6) is 0 Å². The van der Waals surface area contributed by atoms with Crippen LogP contribution in [0.25, 0.3) is 0 Å². The van der Waals surface area contributed by atoms with E-state index in [1.807, 2.05) is 11.6 Å². The summed E-state index contributed by atoms with van der Waals surface area (Å²) in [5.74, 6) is 0.512. The Morgan fingerprint density at radius 1 is 1.38 bits per heavy atom. The maximum atomic E-state index is 13.3. The van der Waals surface area contributed by atoms with Gasteiger partial charge in [0.1, 0.15) is 18.0 Å². The zero-order valence-corrected chi connectivity index (χ0v) is 13.1. The van der Waals surface area contributed by atoms with Crippen LogP contribution in [-0.2, 0) is 13.0 Å². The van der Waals surface area contributed by atoms with Gasteiger partial charge in [0.25, 0.3) is 0 Å². The maximum absolute atomic E-state index is 13.3. The molecule has 0 bridgehead atoms. The minimum absolute atomic E-state index is 0.0394. The predicted molar refractivity (Wildman–Crippen MR) is 81.8 cm³/mol. The van der Waals surface area contributed by atoms with Gasteiger partial charge in [-0.1, -0.05) is 24.6 Å². The lowest BCUT2D eigenvalue weighted by Crippen LogP contribution is -2.25. The lowest BCUT2D eigenvalue weighted by Gasteiger charge is -2.19. The van der Waals surface area contributed by atoms with Crippen LogP contribution in [-0.4, -0.2) is 21.3 Å². The van der Waals surface area contributed by atoms with Crippen molar-refractivity contribution in [3.8, 4) is 0 Å². The molecule has 1 atom stereocenters. The van der Waals surface area contributed by atoms with E-state index in [1.54, 1.807) is 18.5 Å². The summed E-state index contributed by atoms with van der Waals surface area (Å²) in [5.41, 5.74) is 0.959. The molecule has 21 heavy (non-hydrogen) atoms. The molecule has 0 amide bonds. The Kier molecular flexibility index (Phi) is 5.70. The van der Waals surface area contributed by atoms with E-state index in [1.165, 1.54) is 6.07 Å². The van der Waals surface area contributed by atoms with Gasteiger partial charge in [0.15, 0.2) is 0 Å². The van der Waals surface area contributed by atoms with Gasteiger partial charge in [0.05, 0.1) is 5.02 Å². The molecular weight excluding hydrogens is 291 g/mol. The van der Waals surface area contributed by atoms with Crippen molar-refractivity contribution in [2.24, 2.45) is 0 Å². The van der Waals surface area contributed by atoms with Crippen LogP contribution in [0, 0.1) is 5.82 Å². The summed E-state index contributed by atoms with van der Waals surface area (Å²) in [4.78, 5) is 4.31. The van der Waals surface area contributed by atoms with Crippen molar-refractivity contribution in [3.63, 3.8) is 0 Å². The van der Waals surface area contributed by atoms with Crippen LogP contribution in [0.15, 0.2) is 24.5 Å². The smallest absolute Gasteiger partial charge is 0.141 e. The highest BCUT2D eigenvalue weighted by atomic mass is 35.5. The highest BCUT2D eigenvalue weighted by molar-refractivity contribution is 6.30. The summed E-state index contributed by atoms with van der Waals surface area (Å²) in [7, 11) is 0. The van der Waals surface area contributed by atoms with Crippen LogP contribution in [0.2, 0.25) is 5.02 Å². The number of aryl methyl sites for hydroxylation is 1. The largest absolute Gasteiger partial charge is 0.310 e. The molecule has 0 aliphatic rings. The van der Waals surface area contributed by atoms with E-state index in [0.29, 0.717) is 6.42 Å². The van der Waals surface area contributed by atoms with Crippen molar-refractivity contribution in [2.45, 2.75) is 39.3 Å². The fourth-order valence-electron chi connectivity index (χ4n) is 2.25. The van der Waals surface area contributed by atoms with Crippen molar-refractivity contribution in [1.82, 2.24) is 20.1 Å². The molecule has 0 saturated heterocycles. The number of hydrogen-bond acceptors (Lipinski definition) is 3. The minimum Gasteiger partial charge on any atom is -0.310 e. The molecule has 6 heteroatoms. The van der Waals surface area contributed by atoms with E-state index >= 15 is 0 Å². The second-order valence-corrected chi connectivity index (χ2v) is 5.28. The zero-order valence-electron chi connectivity index (χ0n) is 12.3. The molecule has 2 aromatic rings. The number of aromatic nitrogens is 3. The molecule has 0 aliphatic carbocycles. The number of benzene rings is 1. The summed E-state index contributed by atoms with van der Waals surface area (Å²) >= 11 is 5.90. The van der Waals surface area contributed by atoms with Gasteiger partial charge in [-0.05, 0) is 37.6 Å². The molecular formula is C15H20ClFN4. The van der Waals surface area contributed by atoms with Crippen LogP contribution >= 0.6 is 11.6 Å². The standard InChI is InChI=1S/C15H20ClFN4/c1-3-7-18-14(9-15-19-10-20-21(15)4-2)11-5-6-13(17)12(16)8-11/h5-6,8,10,14,18H,3-4,7,9H2,1-2H3. The number of nitrogens with zero attached hydrogens (tertiary/aromatic N) is 3. The van der Waals surface area contributed by atoms with E-state index in [9.17, 15) is 4.39 Å². The van der Waals surface area contributed by atoms with E-state index in [2.05, 4.69) is 22.3 Å². The molecule has 0 spiro atoms. The molecule has 114 valence electrons. The molecule has 2 rings (SSSR count). The van der Waals surface area contributed by atoms with Gasteiger partial charge in [-0.15, -0.1) is 0 Å². The highest BCUT2D eigenvalue weighted by Gasteiger charge is 2.16. The van der Waals surface area contributed by atoms with Crippen molar-refractivity contribution < 1.29 is 4.39 Å². The first kappa shape index (κ1) is 15.9. The van der Waals surface area contributed by atoms with Gasteiger partial charge in [-0.3, -0.25) is 4.68 Å². The van der Waals surface area contributed by atoms with E-state index < -0.39 is 5.82 Å². The third kappa shape index (κ3) is 4.02. The van der Waals surface area contributed by atoms with Crippen molar-refractivity contribution in [3.05, 3.63) is 46.8 Å². The third-order valence-electron chi connectivity index (χ3n) is 3.37. The molecule has 0 fully saturated rings. The average molecular weight is 311 g/mol. The lowest BCUT2D eigenvalue weighted by molar-refractivity contribution is 0.496. The predicted octanol–water partition coefficient (Wildman–Crippen LogP) is 3.37. The quantitative estimate of drug-likeness (QED) is 0.852. The molecule has 1 heterocycles. The Balaban J connectivity index is 2.23. The average Bonchev–Trinajstić information content (AvgIpc) is 2.93. The topological polar surface area (TPSA) is 42.7 Å². The van der Waals surface area contributed by atoms with Gasteiger partial charge in [-0.25, -0.2) is 9.37 Å². The Morgan fingerprint density at radius 3 is 2.86 bits per heavy atom. The summed E-state index contributed by atoms with van der Waals surface area (Å²) in [6, 6.07) is 4.89. The molecule has 1 aromatic heterocycles. The Labute approximate surface area is 129 Å². The molecule has 4 nitrogen and oxygen atoms in total. The number of rotatable bonds is 7. The Bertz CT molecular complexity index is 585. The number of nitrogens with one attached hydrogen (secondary N) is 1. The number of halogens is 2. The SMILES string of the molecule is CCCNC(Cc1ncnn1CC)c1ccc(F)c(Cl)c1. The van der Waals surface area contributed by atoms with Crippen molar-refractivity contribution >= 4 is 11.6 Å². The highest BCUT2D eigenvalue weighted by Crippen LogP contribution is 2.23. The van der Waals surface area contributed by atoms with Crippen LogP contribution in [0.1, 0.15) is 37.7 Å². The molecule has 0 radical (unpaired) electrons. The first-order valence-corrected chi connectivity index (χ1v) is 7.58. The van der Waals surface area contributed by atoms with Crippen LogP contribution in [0.4, 0.5) is 4.39 Å². The van der Waals surface area contributed by atoms with Gasteiger partial charge < -0.3 is 5.32 Å². The molecule has 1 unspecified atom stereocenters. The second kappa shape index (κ2) is 7.52. The molecule has 1 aromatic carbocycles. The monoisotopic (exact) mass is 310 g/mol. The Hall–Kier alpha value is -1.46. The fraction of sp³-hybridized carbons (Fsp3) is 0.467. The van der Waals surface area contributed by atoms with Crippen LogP contribution in [0.3, 0.4) is 0 Å². The summed E-state index contributed by atoms with van der Waals surface area (Å²) in [5, 5.41) is 7.79. The van der Waals surface area contributed by atoms with Crippen molar-refractivity contribution in [2.75, 3.05) is 6.54 Å².